The molecule has 0 saturated heterocycles. The lowest BCUT2D eigenvalue weighted by Crippen LogP contribution is -2.17. The number of carbonyl (C=O) groups is 1. The Bertz CT molecular complexity index is 1220. The van der Waals surface area contributed by atoms with Gasteiger partial charge in [0.25, 0.3) is 5.91 Å². The molecule has 3 aromatic heterocycles. The molecule has 1 fully saturated rings. The molecule has 4 aromatic rings. The molecule has 1 aliphatic carbocycles. The van der Waals surface area contributed by atoms with Crippen LogP contribution in [0.15, 0.2) is 73.4 Å². The third kappa shape index (κ3) is 4.35. The van der Waals surface area contributed by atoms with E-state index in [4.69, 9.17) is 0 Å². The van der Waals surface area contributed by atoms with Crippen LogP contribution in [-0.4, -0.2) is 25.4 Å². The van der Waals surface area contributed by atoms with Gasteiger partial charge in [-0.15, -0.1) is 0 Å². The van der Waals surface area contributed by atoms with E-state index in [9.17, 15) is 9.18 Å². The van der Waals surface area contributed by atoms with Crippen LogP contribution in [0.2, 0.25) is 0 Å². The van der Waals surface area contributed by atoms with Crippen molar-refractivity contribution in [3.05, 3.63) is 85.0 Å². The predicted octanol–water partition coefficient (Wildman–Crippen LogP) is 4.81. The van der Waals surface area contributed by atoms with E-state index < -0.39 is 5.82 Å². The number of amides is 1. The van der Waals surface area contributed by atoms with E-state index in [0.29, 0.717) is 23.1 Å². The summed E-state index contributed by atoms with van der Waals surface area (Å²) in [6.45, 7) is 0.778. The van der Waals surface area contributed by atoms with Crippen molar-refractivity contribution in [1.82, 2.24) is 19.5 Å². The maximum atomic E-state index is 13.5. The minimum atomic E-state index is -0.391. The van der Waals surface area contributed by atoms with E-state index >= 15 is 0 Å². The summed E-state index contributed by atoms with van der Waals surface area (Å²) < 4.78 is 15.5. The van der Waals surface area contributed by atoms with Gasteiger partial charge in [0.05, 0.1) is 0 Å². The first-order valence-electron chi connectivity index (χ1n) is 10.2. The number of halogens is 1. The van der Waals surface area contributed by atoms with Crippen molar-refractivity contribution in [2.24, 2.45) is 5.92 Å². The molecule has 31 heavy (non-hydrogen) atoms. The van der Waals surface area contributed by atoms with Gasteiger partial charge in [0.15, 0.2) is 5.82 Å². The second kappa shape index (κ2) is 8.10. The van der Waals surface area contributed by atoms with Crippen LogP contribution in [0.5, 0.6) is 0 Å². The fourth-order valence-corrected chi connectivity index (χ4v) is 3.47. The Hall–Kier alpha value is -3.87. The van der Waals surface area contributed by atoms with Gasteiger partial charge in [-0.05, 0) is 55.2 Å². The summed E-state index contributed by atoms with van der Waals surface area (Å²) in [6.07, 6.45) is 11.2. The number of pyridine rings is 1. The van der Waals surface area contributed by atoms with Crippen molar-refractivity contribution in [3.8, 4) is 22.5 Å². The number of anilines is 1. The number of rotatable bonds is 6. The first-order chi connectivity index (χ1) is 15.2. The second-order valence-electron chi connectivity index (χ2n) is 7.71. The molecule has 1 amide bonds. The van der Waals surface area contributed by atoms with Crippen LogP contribution < -0.4 is 5.32 Å². The molecule has 3 heterocycles. The summed E-state index contributed by atoms with van der Waals surface area (Å²) in [5.74, 6) is 0.520. The Morgan fingerprint density at radius 3 is 2.58 bits per heavy atom. The van der Waals surface area contributed by atoms with Crippen LogP contribution in [0.3, 0.4) is 0 Å². The van der Waals surface area contributed by atoms with Crippen LogP contribution >= 0.6 is 0 Å². The first kappa shape index (κ1) is 19.1. The predicted molar refractivity (Wildman–Crippen MR) is 116 cm³/mol. The lowest BCUT2D eigenvalue weighted by atomic mass is 10.1. The smallest absolute Gasteiger partial charge is 0.272 e. The second-order valence-corrected chi connectivity index (χ2v) is 7.71. The van der Waals surface area contributed by atoms with E-state index in [-0.39, 0.29) is 5.91 Å². The van der Waals surface area contributed by atoms with Gasteiger partial charge in [0.1, 0.15) is 11.5 Å². The number of hydrogen-bond acceptors (Lipinski definition) is 4. The maximum Gasteiger partial charge on any atom is 0.272 e. The molecular weight excluding hydrogens is 393 g/mol. The number of carbonyl (C=O) groups excluding carboxylic acids is 1. The highest BCUT2D eigenvalue weighted by Crippen LogP contribution is 2.33. The van der Waals surface area contributed by atoms with Gasteiger partial charge in [-0.25, -0.2) is 14.4 Å². The lowest BCUT2D eigenvalue weighted by molar-refractivity contribution is 0.101. The summed E-state index contributed by atoms with van der Waals surface area (Å²) in [7, 11) is 0. The highest BCUT2D eigenvalue weighted by atomic mass is 19.1. The molecule has 0 spiro atoms. The van der Waals surface area contributed by atoms with Crippen LogP contribution in [0.1, 0.15) is 23.3 Å². The lowest BCUT2D eigenvalue weighted by Gasteiger charge is -2.09. The van der Waals surface area contributed by atoms with Gasteiger partial charge in [-0.1, -0.05) is 6.07 Å². The van der Waals surface area contributed by atoms with Crippen LogP contribution in [0.25, 0.3) is 22.5 Å². The van der Waals surface area contributed by atoms with Crippen molar-refractivity contribution in [1.29, 1.82) is 0 Å². The quantitative estimate of drug-likeness (QED) is 0.492. The number of nitrogens with zero attached hydrogens (tertiary/aromatic N) is 4. The monoisotopic (exact) mass is 413 g/mol. The largest absolute Gasteiger partial charge is 0.343 e. The molecule has 5 rings (SSSR count). The zero-order chi connectivity index (χ0) is 21.2. The molecule has 0 radical (unpaired) electrons. The summed E-state index contributed by atoms with van der Waals surface area (Å²) in [4.78, 5) is 26.0. The normalized spacial score (nSPS) is 13.2. The van der Waals surface area contributed by atoms with E-state index in [0.717, 1.165) is 23.2 Å². The molecule has 1 saturated carbocycles. The molecule has 1 aromatic carbocycles. The molecule has 154 valence electrons. The van der Waals surface area contributed by atoms with Crippen molar-refractivity contribution in [3.63, 3.8) is 0 Å². The van der Waals surface area contributed by atoms with Gasteiger partial charge in [-0.3, -0.25) is 9.78 Å². The third-order valence-corrected chi connectivity index (χ3v) is 5.27. The number of benzene rings is 1. The van der Waals surface area contributed by atoms with Gasteiger partial charge < -0.3 is 9.88 Å². The number of nitrogens with one attached hydrogen (secondary N) is 1. The Morgan fingerprint density at radius 2 is 1.87 bits per heavy atom. The van der Waals surface area contributed by atoms with Crippen molar-refractivity contribution in [2.75, 3.05) is 5.32 Å². The fraction of sp³-hybridized carbons (Fsp3) is 0.167. The Labute approximate surface area is 178 Å². The summed E-state index contributed by atoms with van der Waals surface area (Å²) in [5, 5.41) is 2.79. The molecule has 0 aliphatic heterocycles. The summed E-state index contributed by atoms with van der Waals surface area (Å²) in [5.41, 5.74) is 3.48. The van der Waals surface area contributed by atoms with E-state index in [1.165, 1.54) is 25.0 Å². The van der Waals surface area contributed by atoms with Gasteiger partial charge in [0, 0.05) is 59.9 Å². The van der Waals surface area contributed by atoms with Crippen molar-refractivity contribution < 1.29 is 9.18 Å². The molecule has 1 aliphatic rings. The van der Waals surface area contributed by atoms with Crippen molar-refractivity contribution >= 4 is 11.6 Å². The Morgan fingerprint density at radius 1 is 1.03 bits per heavy atom. The first-order valence-corrected chi connectivity index (χ1v) is 10.2. The highest BCUT2D eigenvalue weighted by Gasteiger charge is 2.25. The van der Waals surface area contributed by atoms with Gasteiger partial charge >= 0.3 is 0 Å². The third-order valence-electron chi connectivity index (χ3n) is 5.27. The summed E-state index contributed by atoms with van der Waals surface area (Å²) in [6, 6.07) is 11.5. The minimum Gasteiger partial charge on any atom is -0.343 e. The average molecular weight is 413 g/mol. The van der Waals surface area contributed by atoms with E-state index in [1.54, 1.807) is 36.9 Å². The Kier molecular flexibility index (Phi) is 5.00. The Balaban J connectivity index is 1.43. The zero-order valence-electron chi connectivity index (χ0n) is 16.7. The van der Waals surface area contributed by atoms with Crippen LogP contribution in [-0.2, 0) is 6.54 Å². The molecule has 1 N–H and O–H groups in total. The molecule has 0 unspecified atom stereocenters. The van der Waals surface area contributed by atoms with Crippen LogP contribution in [0, 0.1) is 11.7 Å². The summed E-state index contributed by atoms with van der Waals surface area (Å²) >= 11 is 0. The molecule has 0 atom stereocenters. The van der Waals surface area contributed by atoms with E-state index in [2.05, 4.69) is 20.3 Å². The maximum absolute atomic E-state index is 13.5. The van der Waals surface area contributed by atoms with Gasteiger partial charge in [0.2, 0.25) is 0 Å². The molecule has 7 heteroatoms. The highest BCUT2D eigenvalue weighted by molar-refractivity contribution is 6.04. The minimum absolute atomic E-state index is 0.273. The fourth-order valence-electron chi connectivity index (χ4n) is 3.47. The standard InChI is InChI=1S/C24H20FN5O/c25-20-4-1-5-21(10-20)29-24(31)22-9-18(15-30(22)14-16-6-7-16)19-12-27-23(28-13-19)17-3-2-8-26-11-17/h1-5,8-13,15-16H,6-7,14H2,(H,29,31). The zero-order valence-corrected chi connectivity index (χ0v) is 16.7. The molecule has 0 bridgehead atoms. The van der Waals surface area contributed by atoms with Crippen molar-refractivity contribution in [2.45, 2.75) is 19.4 Å². The SMILES string of the molecule is O=C(Nc1cccc(F)c1)c1cc(-c2cnc(-c3cccnc3)nc2)cn1CC1CC1. The van der Waals surface area contributed by atoms with Gasteiger partial charge in [-0.2, -0.15) is 0 Å². The molecular formula is C24H20FN5O. The van der Waals surface area contributed by atoms with E-state index in [1.807, 2.05) is 29.0 Å². The average Bonchev–Trinajstić information content (AvgIpc) is 3.51. The molecule has 6 nitrogen and oxygen atoms in total. The number of aromatic nitrogens is 4. The topological polar surface area (TPSA) is 72.7 Å². The van der Waals surface area contributed by atoms with Crippen LogP contribution in [0.4, 0.5) is 10.1 Å². The number of hydrogen-bond donors (Lipinski definition) is 1.